The first-order valence-corrected chi connectivity index (χ1v) is 23.3. The number of fused-ring (bicyclic) bond motifs is 8. The van der Waals surface area contributed by atoms with Gasteiger partial charge in [0.2, 0.25) is 0 Å². The van der Waals surface area contributed by atoms with Gasteiger partial charge in [0.15, 0.2) is 0 Å². The number of benzene rings is 12. The van der Waals surface area contributed by atoms with Gasteiger partial charge in [-0.15, -0.1) is 0 Å². The molecule has 0 aliphatic carbocycles. The van der Waals surface area contributed by atoms with Crippen LogP contribution in [0, 0.1) is 0 Å². The second-order valence-electron chi connectivity index (χ2n) is 17.6. The molecule has 0 N–H and O–H groups in total. The van der Waals surface area contributed by atoms with Gasteiger partial charge in [0.25, 0.3) is 0 Å². The van der Waals surface area contributed by atoms with Crippen molar-refractivity contribution >= 4 is 71.3 Å². The Kier molecular flexibility index (Phi) is 9.54. The van der Waals surface area contributed by atoms with E-state index in [1.807, 2.05) is 0 Å². The first-order chi connectivity index (χ1) is 33.7. The van der Waals surface area contributed by atoms with E-state index >= 15 is 0 Å². The second-order valence-corrected chi connectivity index (χ2v) is 17.6. The lowest BCUT2D eigenvalue weighted by Gasteiger charge is -2.27. The molecule has 13 rings (SSSR count). The van der Waals surface area contributed by atoms with Gasteiger partial charge in [0, 0.05) is 33.2 Å². The molecule has 0 radical (unpaired) electrons. The maximum atomic E-state index is 6.65. The number of hydrogen-bond donors (Lipinski definition) is 0. The van der Waals surface area contributed by atoms with Crippen molar-refractivity contribution in [2.24, 2.45) is 0 Å². The molecule has 0 saturated heterocycles. The van der Waals surface area contributed by atoms with Crippen LogP contribution in [0.15, 0.2) is 265 Å². The molecule has 68 heavy (non-hydrogen) atoms. The Morgan fingerprint density at radius 2 is 0.735 bits per heavy atom. The molecule has 12 aromatic carbocycles. The van der Waals surface area contributed by atoms with E-state index in [-0.39, 0.29) is 0 Å². The van der Waals surface area contributed by atoms with Gasteiger partial charge in [-0.05, 0) is 137 Å². The summed E-state index contributed by atoms with van der Waals surface area (Å²) in [5, 5.41) is 9.50. The minimum atomic E-state index is 0.883. The van der Waals surface area contributed by atoms with E-state index in [0.717, 1.165) is 72.2 Å². The molecule has 318 valence electrons. The number of nitrogens with zero attached hydrogens (tertiary/aromatic N) is 1. The Hall–Kier alpha value is -8.98. The van der Waals surface area contributed by atoms with Gasteiger partial charge in [-0.2, -0.15) is 0 Å². The highest BCUT2D eigenvalue weighted by Crippen LogP contribution is 2.47. The smallest absolute Gasteiger partial charge is 0.143 e. The standard InChI is InChI=1S/C66H43NO/c1-4-18-44(19-5-1)48-25-14-28-52(40-48)67(54-30-16-27-51(42-54)55-34-17-35-62-65(55)60-39-36-45-20-10-11-31-56(45)66(60)68-62)53-29-15-26-49(41-53)50-37-38-58-57-32-12-13-33-59(57)63(46-21-6-2-7-22-46)64(61(58)43-50)47-23-8-3-9-24-47/h1-43H. The zero-order valence-electron chi connectivity index (χ0n) is 37.2. The summed E-state index contributed by atoms with van der Waals surface area (Å²) in [7, 11) is 0. The number of rotatable bonds is 8. The van der Waals surface area contributed by atoms with E-state index < -0.39 is 0 Å². The van der Waals surface area contributed by atoms with Crippen molar-refractivity contribution in [1.82, 2.24) is 0 Å². The van der Waals surface area contributed by atoms with Crippen LogP contribution in [0.1, 0.15) is 0 Å². The van der Waals surface area contributed by atoms with Gasteiger partial charge in [-0.25, -0.2) is 0 Å². The average molecular weight is 866 g/mol. The van der Waals surface area contributed by atoms with Crippen molar-refractivity contribution < 1.29 is 4.42 Å². The maximum Gasteiger partial charge on any atom is 0.143 e. The van der Waals surface area contributed by atoms with Crippen LogP contribution >= 0.6 is 0 Å². The molecule has 0 bridgehead atoms. The van der Waals surface area contributed by atoms with E-state index in [2.05, 4.69) is 266 Å². The Bertz CT molecular complexity index is 4020. The van der Waals surface area contributed by atoms with Crippen molar-refractivity contribution in [1.29, 1.82) is 0 Å². The molecule has 0 spiro atoms. The van der Waals surface area contributed by atoms with Crippen LogP contribution in [0.5, 0.6) is 0 Å². The molecule has 1 heterocycles. The van der Waals surface area contributed by atoms with Crippen LogP contribution in [0.25, 0.3) is 110 Å². The Balaban J connectivity index is 0.999. The van der Waals surface area contributed by atoms with Gasteiger partial charge in [-0.3, -0.25) is 0 Å². The zero-order valence-corrected chi connectivity index (χ0v) is 37.2. The van der Waals surface area contributed by atoms with Crippen LogP contribution in [-0.2, 0) is 0 Å². The van der Waals surface area contributed by atoms with Crippen LogP contribution in [-0.4, -0.2) is 0 Å². The van der Waals surface area contributed by atoms with E-state index in [0.29, 0.717) is 0 Å². The molecule has 2 nitrogen and oxygen atoms in total. The molecule has 0 atom stereocenters. The quantitative estimate of drug-likeness (QED) is 0.142. The average Bonchev–Trinajstić information content (AvgIpc) is 3.81. The first kappa shape index (κ1) is 39.4. The van der Waals surface area contributed by atoms with Crippen LogP contribution in [0.2, 0.25) is 0 Å². The predicted octanol–water partition coefficient (Wildman–Crippen LogP) is 18.9. The Labute approximate surface area is 395 Å². The van der Waals surface area contributed by atoms with E-state index in [1.165, 1.54) is 54.7 Å². The largest absolute Gasteiger partial charge is 0.455 e. The zero-order chi connectivity index (χ0) is 45.0. The summed E-state index contributed by atoms with van der Waals surface area (Å²) in [5.41, 5.74) is 16.8. The fraction of sp³-hybridized carbons (Fsp3) is 0. The Morgan fingerprint density at radius 3 is 1.41 bits per heavy atom. The maximum absolute atomic E-state index is 6.65. The molecular formula is C66H43NO. The lowest BCUT2D eigenvalue weighted by Crippen LogP contribution is -2.10. The summed E-state index contributed by atoms with van der Waals surface area (Å²) in [5.74, 6) is 0. The van der Waals surface area contributed by atoms with Crippen LogP contribution in [0.4, 0.5) is 17.1 Å². The summed E-state index contributed by atoms with van der Waals surface area (Å²) >= 11 is 0. The molecule has 1 aromatic heterocycles. The highest BCUT2D eigenvalue weighted by Gasteiger charge is 2.21. The van der Waals surface area contributed by atoms with Crippen molar-refractivity contribution in [3.05, 3.63) is 261 Å². The third kappa shape index (κ3) is 6.73. The minimum Gasteiger partial charge on any atom is -0.455 e. The first-order valence-electron chi connectivity index (χ1n) is 23.3. The molecule has 0 amide bonds. The van der Waals surface area contributed by atoms with E-state index in [9.17, 15) is 0 Å². The normalized spacial score (nSPS) is 11.5. The summed E-state index contributed by atoms with van der Waals surface area (Å²) in [6.45, 7) is 0. The van der Waals surface area contributed by atoms with E-state index in [4.69, 9.17) is 4.42 Å². The van der Waals surface area contributed by atoms with Crippen molar-refractivity contribution in [2.45, 2.75) is 0 Å². The van der Waals surface area contributed by atoms with Crippen LogP contribution in [0.3, 0.4) is 0 Å². The lowest BCUT2D eigenvalue weighted by atomic mass is 9.84. The van der Waals surface area contributed by atoms with Gasteiger partial charge in [0.1, 0.15) is 11.2 Å². The number of anilines is 3. The molecule has 2 heteroatoms. The van der Waals surface area contributed by atoms with Crippen molar-refractivity contribution in [3.63, 3.8) is 0 Å². The second kappa shape index (κ2) is 16.5. The lowest BCUT2D eigenvalue weighted by molar-refractivity contribution is 0.673. The summed E-state index contributed by atoms with van der Waals surface area (Å²) < 4.78 is 6.65. The van der Waals surface area contributed by atoms with Gasteiger partial charge in [-0.1, -0.05) is 206 Å². The topological polar surface area (TPSA) is 16.4 Å². The SMILES string of the molecule is c1ccc(-c2cccc(N(c3cccc(-c4ccc5c(c4)c(-c4ccccc4)c(-c4ccccc4)c4ccccc45)c3)c3cccc(-c4cccc5oc6c7ccccc7ccc6c45)c3)c2)cc1. The van der Waals surface area contributed by atoms with Crippen molar-refractivity contribution in [2.75, 3.05) is 4.90 Å². The minimum absolute atomic E-state index is 0.883. The van der Waals surface area contributed by atoms with Gasteiger partial charge >= 0.3 is 0 Å². The molecule has 0 aliphatic rings. The van der Waals surface area contributed by atoms with Gasteiger partial charge < -0.3 is 9.32 Å². The summed E-state index contributed by atoms with van der Waals surface area (Å²) in [6.07, 6.45) is 0. The van der Waals surface area contributed by atoms with E-state index in [1.54, 1.807) is 0 Å². The monoisotopic (exact) mass is 865 g/mol. The van der Waals surface area contributed by atoms with Crippen LogP contribution < -0.4 is 4.90 Å². The highest BCUT2D eigenvalue weighted by atomic mass is 16.3. The summed E-state index contributed by atoms with van der Waals surface area (Å²) in [6, 6.07) is 94.5. The third-order valence-corrected chi connectivity index (χ3v) is 13.6. The molecule has 0 fully saturated rings. The fourth-order valence-corrected chi connectivity index (χ4v) is 10.5. The Morgan fingerprint density at radius 1 is 0.265 bits per heavy atom. The highest BCUT2D eigenvalue weighted by molar-refractivity contribution is 6.22. The fourth-order valence-electron chi connectivity index (χ4n) is 10.5. The molecule has 0 unspecified atom stereocenters. The molecular weight excluding hydrogens is 823 g/mol. The van der Waals surface area contributed by atoms with Crippen molar-refractivity contribution in [3.8, 4) is 55.6 Å². The number of hydrogen-bond acceptors (Lipinski definition) is 2. The molecule has 0 saturated carbocycles. The van der Waals surface area contributed by atoms with Gasteiger partial charge in [0.05, 0.1) is 0 Å². The molecule has 13 aromatic rings. The summed E-state index contributed by atoms with van der Waals surface area (Å²) in [4.78, 5) is 2.40. The number of furan rings is 1. The predicted molar refractivity (Wildman–Crippen MR) is 288 cm³/mol. The molecule has 0 aliphatic heterocycles. The third-order valence-electron chi connectivity index (χ3n) is 13.6.